The van der Waals surface area contributed by atoms with Crippen molar-refractivity contribution in [1.82, 2.24) is 24.2 Å². The van der Waals surface area contributed by atoms with Crippen molar-refractivity contribution in [3.63, 3.8) is 0 Å². The van der Waals surface area contributed by atoms with E-state index in [1.54, 1.807) is 17.0 Å². The van der Waals surface area contributed by atoms with E-state index in [0.717, 1.165) is 5.56 Å². The molecule has 0 atom stereocenters. The number of morpholine rings is 1. The van der Waals surface area contributed by atoms with Crippen LogP contribution in [0.2, 0.25) is 0 Å². The first kappa shape index (κ1) is 25.7. The summed E-state index contributed by atoms with van der Waals surface area (Å²) in [7, 11) is -3.53. The van der Waals surface area contributed by atoms with Crippen LogP contribution in [0.1, 0.15) is 44.5 Å². The molecule has 0 radical (unpaired) electrons. The predicted molar refractivity (Wildman–Crippen MR) is 129 cm³/mol. The quantitative estimate of drug-likeness (QED) is 0.559. The van der Waals surface area contributed by atoms with Gasteiger partial charge in [0.2, 0.25) is 21.8 Å². The van der Waals surface area contributed by atoms with Gasteiger partial charge in [0.05, 0.1) is 24.7 Å². The number of ether oxygens (including phenoxy) is 1. The second-order valence-corrected chi connectivity index (χ2v) is 12.0. The number of carbonyl (C=O) groups excluding carboxylic acids is 1. The van der Waals surface area contributed by atoms with Crippen LogP contribution < -0.4 is 0 Å². The summed E-state index contributed by atoms with van der Waals surface area (Å²) in [5, 5.41) is 4.04. The van der Waals surface area contributed by atoms with Crippen LogP contribution in [0.5, 0.6) is 0 Å². The van der Waals surface area contributed by atoms with Gasteiger partial charge in [0.1, 0.15) is 0 Å². The summed E-state index contributed by atoms with van der Waals surface area (Å²) in [4.78, 5) is 20.9. The predicted octanol–water partition coefficient (Wildman–Crippen LogP) is 1.67. The average molecular weight is 506 g/mol. The number of amides is 1. The fourth-order valence-corrected chi connectivity index (χ4v) is 5.67. The van der Waals surface area contributed by atoms with Gasteiger partial charge in [-0.25, -0.2) is 8.42 Å². The lowest BCUT2D eigenvalue weighted by atomic mass is 9.87. The van der Waals surface area contributed by atoms with Crippen LogP contribution in [0.4, 0.5) is 0 Å². The molecule has 0 unspecified atom stereocenters. The van der Waals surface area contributed by atoms with Gasteiger partial charge in [-0.2, -0.15) is 9.29 Å². The Bertz CT molecular complexity index is 1100. The molecule has 2 fully saturated rings. The molecule has 2 aliphatic heterocycles. The van der Waals surface area contributed by atoms with Crippen LogP contribution in [0.25, 0.3) is 0 Å². The van der Waals surface area contributed by atoms with Crippen LogP contribution in [-0.2, 0) is 37.9 Å². The summed E-state index contributed by atoms with van der Waals surface area (Å²) < 4.78 is 38.3. The van der Waals surface area contributed by atoms with Gasteiger partial charge in [0.25, 0.3) is 0 Å². The van der Waals surface area contributed by atoms with Gasteiger partial charge in [-0.05, 0) is 23.1 Å². The van der Waals surface area contributed by atoms with Crippen molar-refractivity contribution in [2.75, 3.05) is 52.5 Å². The van der Waals surface area contributed by atoms with Crippen LogP contribution in [0.15, 0.2) is 33.7 Å². The van der Waals surface area contributed by atoms with Gasteiger partial charge in [0.15, 0.2) is 5.82 Å². The Morgan fingerprint density at radius 3 is 2.29 bits per heavy atom. The molecule has 0 saturated carbocycles. The minimum Gasteiger partial charge on any atom is -0.378 e. The zero-order valence-corrected chi connectivity index (χ0v) is 21.6. The lowest BCUT2D eigenvalue weighted by molar-refractivity contribution is -0.135. The summed E-state index contributed by atoms with van der Waals surface area (Å²) in [6.45, 7) is 11.2. The van der Waals surface area contributed by atoms with E-state index in [-0.39, 0.29) is 11.3 Å². The highest BCUT2D eigenvalue weighted by molar-refractivity contribution is 7.89. The molecule has 10 nitrogen and oxygen atoms in total. The third-order valence-corrected chi connectivity index (χ3v) is 8.39. The van der Waals surface area contributed by atoms with Crippen LogP contribution in [0.3, 0.4) is 0 Å². The molecule has 1 amide bonds. The first-order valence-electron chi connectivity index (χ1n) is 12.1. The number of piperazine rings is 1. The van der Waals surface area contributed by atoms with E-state index in [1.165, 1.54) is 4.31 Å². The number of benzene rings is 1. The van der Waals surface area contributed by atoms with Gasteiger partial charge >= 0.3 is 0 Å². The van der Waals surface area contributed by atoms with E-state index in [0.29, 0.717) is 88.5 Å². The average Bonchev–Trinajstić information content (AvgIpc) is 3.30. The van der Waals surface area contributed by atoms with E-state index in [4.69, 9.17) is 9.26 Å². The molecular formula is C24H35N5O5S. The van der Waals surface area contributed by atoms with Crippen molar-refractivity contribution in [2.24, 2.45) is 0 Å². The van der Waals surface area contributed by atoms with E-state index in [2.05, 4.69) is 35.8 Å². The van der Waals surface area contributed by atoms with Crippen LogP contribution >= 0.6 is 0 Å². The second-order valence-electron chi connectivity index (χ2n) is 10.1. The fraction of sp³-hybridized carbons (Fsp3) is 0.625. The third kappa shape index (κ3) is 6.46. The maximum atomic E-state index is 13.1. The first-order chi connectivity index (χ1) is 16.6. The molecule has 2 aliphatic rings. The van der Waals surface area contributed by atoms with Crippen molar-refractivity contribution in [2.45, 2.75) is 50.5 Å². The van der Waals surface area contributed by atoms with Crippen LogP contribution in [0, 0.1) is 0 Å². The number of nitrogens with zero attached hydrogens (tertiary/aromatic N) is 5. The van der Waals surface area contributed by atoms with Crippen molar-refractivity contribution in [3.05, 3.63) is 41.5 Å². The molecule has 1 aromatic heterocycles. The zero-order chi connectivity index (χ0) is 25.1. The smallest absolute Gasteiger partial charge is 0.243 e. The molecule has 2 saturated heterocycles. The maximum absolute atomic E-state index is 13.1. The molecule has 0 N–H and O–H groups in total. The Kier molecular flexibility index (Phi) is 7.89. The van der Waals surface area contributed by atoms with Gasteiger partial charge in [-0.15, -0.1) is 0 Å². The molecule has 35 heavy (non-hydrogen) atoms. The Labute approximate surface area is 207 Å². The summed E-state index contributed by atoms with van der Waals surface area (Å²) in [5.74, 6) is 1.06. The SMILES string of the molecule is CC(C)(C)c1ccc(S(=O)(=O)N2CCN(Cc3noc(CCC(=O)N4CCOCC4)n3)CC2)cc1. The monoisotopic (exact) mass is 505 g/mol. The maximum Gasteiger partial charge on any atom is 0.243 e. The molecule has 3 heterocycles. The van der Waals surface area contributed by atoms with E-state index < -0.39 is 10.0 Å². The number of hydrogen-bond acceptors (Lipinski definition) is 8. The summed E-state index contributed by atoms with van der Waals surface area (Å²) >= 11 is 0. The number of aromatic nitrogens is 2. The van der Waals surface area contributed by atoms with E-state index in [1.807, 2.05) is 12.1 Å². The van der Waals surface area contributed by atoms with Crippen LogP contribution in [-0.4, -0.2) is 91.1 Å². The summed E-state index contributed by atoms with van der Waals surface area (Å²) in [6, 6.07) is 7.19. The Hall–Kier alpha value is -2.34. The molecule has 0 aliphatic carbocycles. The number of rotatable bonds is 7. The number of aryl methyl sites for hydroxylation is 1. The summed E-state index contributed by atoms with van der Waals surface area (Å²) in [6.07, 6.45) is 0.734. The van der Waals surface area contributed by atoms with Gasteiger partial charge in [-0.3, -0.25) is 9.69 Å². The van der Waals surface area contributed by atoms with Crippen molar-refractivity contribution in [3.8, 4) is 0 Å². The van der Waals surface area contributed by atoms with E-state index >= 15 is 0 Å². The molecule has 0 spiro atoms. The standard InChI is InChI=1S/C24H35N5O5S/c1-24(2,3)19-4-6-20(7-5-19)35(31,32)29-12-10-27(11-13-29)18-21-25-22(34-26-21)8-9-23(30)28-14-16-33-17-15-28/h4-7H,8-18H2,1-3H3. The van der Waals surface area contributed by atoms with Crippen molar-refractivity contribution < 1.29 is 22.5 Å². The minimum absolute atomic E-state index is 0.0266. The number of sulfonamides is 1. The molecule has 0 bridgehead atoms. The highest BCUT2D eigenvalue weighted by Crippen LogP contribution is 2.25. The van der Waals surface area contributed by atoms with Gasteiger partial charge < -0.3 is 14.2 Å². The van der Waals surface area contributed by atoms with E-state index in [9.17, 15) is 13.2 Å². The zero-order valence-electron chi connectivity index (χ0n) is 20.8. The topological polar surface area (TPSA) is 109 Å². The molecule has 4 rings (SSSR count). The summed E-state index contributed by atoms with van der Waals surface area (Å²) in [5.41, 5.74) is 1.08. The number of carbonyl (C=O) groups is 1. The Balaban J connectivity index is 1.25. The lowest BCUT2D eigenvalue weighted by Crippen LogP contribution is -2.48. The van der Waals surface area contributed by atoms with Crippen molar-refractivity contribution in [1.29, 1.82) is 0 Å². The fourth-order valence-electron chi connectivity index (χ4n) is 4.24. The molecular weight excluding hydrogens is 470 g/mol. The largest absolute Gasteiger partial charge is 0.378 e. The number of hydrogen-bond donors (Lipinski definition) is 0. The Morgan fingerprint density at radius 1 is 1.00 bits per heavy atom. The lowest BCUT2D eigenvalue weighted by Gasteiger charge is -2.33. The molecule has 2 aromatic rings. The minimum atomic E-state index is -3.53. The molecule has 11 heteroatoms. The van der Waals surface area contributed by atoms with Gasteiger partial charge in [0, 0.05) is 52.1 Å². The highest BCUT2D eigenvalue weighted by Gasteiger charge is 2.29. The Morgan fingerprint density at radius 2 is 1.66 bits per heavy atom. The highest BCUT2D eigenvalue weighted by atomic mass is 32.2. The molecule has 1 aromatic carbocycles. The third-order valence-electron chi connectivity index (χ3n) is 6.48. The first-order valence-corrected chi connectivity index (χ1v) is 13.6. The molecule has 192 valence electrons. The van der Waals surface area contributed by atoms with Crippen molar-refractivity contribution >= 4 is 15.9 Å². The normalized spacial score (nSPS) is 18.7. The van der Waals surface area contributed by atoms with Gasteiger partial charge in [-0.1, -0.05) is 38.1 Å². The second kappa shape index (κ2) is 10.7.